The van der Waals surface area contributed by atoms with E-state index < -0.39 is 0 Å². The van der Waals surface area contributed by atoms with Crippen LogP contribution in [-0.4, -0.2) is 22.9 Å². The molecule has 1 heterocycles. The van der Waals surface area contributed by atoms with E-state index in [-0.39, 0.29) is 0 Å². The molecule has 0 aliphatic carbocycles. The van der Waals surface area contributed by atoms with Crippen LogP contribution in [0, 0.1) is 0 Å². The molecule has 60 valence electrons. The molecule has 0 unspecified atom stereocenters. The second-order valence-electron chi connectivity index (χ2n) is 2.49. The number of nitrogens with zero attached hydrogens (tertiary/aromatic N) is 2. The minimum absolute atomic E-state index is 0.558. The zero-order valence-electron chi connectivity index (χ0n) is 6.50. The van der Waals surface area contributed by atoms with Crippen LogP contribution in [0.5, 0.6) is 0 Å². The van der Waals surface area contributed by atoms with Crippen LogP contribution in [0.2, 0.25) is 0 Å². The Labute approximate surface area is 71.8 Å². The lowest BCUT2D eigenvalue weighted by Crippen LogP contribution is -2.15. The maximum atomic E-state index is 5.61. The number of aromatic nitrogens is 1. The molecule has 0 saturated heterocycles. The van der Waals surface area contributed by atoms with Gasteiger partial charge in [-0.25, -0.2) is 0 Å². The molecule has 0 N–H and O–H groups in total. The summed E-state index contributed by atoms with van der Waals surface area (Å²) in [7, 11) is 1.98. The van der Waals surface area contributed by atoms with Gasteiger partial charge < -0.3 is 0 Å². The number of pyridine rings is 1. The van der Waals surface area contributed by atoms with Crippen molar-refractivity contribution in [2.24, 2.45) is 0 Å². The van der Waals surface area contributed by atoms with E-state index in [1.807, 2.05) is 24.1 Å². The van der Waals surface area contributed by atoms with Crippen LogP contribution in [-0.2, 0) is 6.54 Å². The van der Waals surface area contributed by atoms with Crippen molar-refractivity contribution in [3.63, 3.8) is 0 Å². The summed E-state index contributed by atoms with van der Waals surface area (Å²) in [6.45, 7) is 0.881. The fraction of sp³-hybridized carbons (Fsp3) is 0.375. The van der Waals surface area contributed by atoms with E-state index in [2.05, 4.69) is 4.98 Å². The molecular weight excluding hydrogens is 160 g/mol. The Morgan fingerprint density at radius 3 is 2.64 bits per heavy atom. The lowest BCUT2D eigenvalue weighted by molar-refractivity contribution is 0.382. The van der Waals surface area contributed by atoms with Gasteiger partial charge in [-0.1, -0.05) is 0 Å². The van der Waals surface area contributed by atoms with E-state index in [9.17, 15) is 0 Å². The van der Waals surface area contributed by atoms with Gasteiger partial charge in [-0.05, 0) is 24.7 Å². The first-order valence-electron chi connectivity index (χ1n) is 3.46. The minimum Gasteiger partial charge on any atom is -0.289 e. The van der Waals surface area contributed by atoms with E-state index in [1.54, 1.807) is 12.4 Å². The number of halogens is 1. The van der Waals surface area contributed by atoms with Crippen molar-refractivity contribution in [3.8, 4) is 0 Å². The molecule has 0 bridgehead atoms. The zero-order valence-corrected chi connectivity index (χ0v) is 7.25. The molecule has 0 radical (unpaired) electrons. The number of alkyl halides is 1. The van der Waals surface area contributed by atoms with Gasteiger partial charge in [0.25, 0.3) is 0 Å². The van der Waals surface area contributed by atoms with Crippen LogP contribution < -0.4 is 0 Å². The summed E-state index contributed by atoms with van der Waals surface area (Å²) in [6, 6.07) is 4.54. The minimum atomic E-state index is 0.558. The van der Waals surface area contributed by atoms with Crippen molar-refractivity contribution in [1.29, 1.82) is 0 Å². The van der Waals surface area contributed by atoms with Gasteiger partial charge in [-0.3, -0.25) is 9.88 Å². The first-order chi connectivity index (χ1) is 5.33. The summed E-state index contributed by atoms with van der Waals surface area (Å²) in [4.78, 5) is 5.95. The molecule has 2 nitrogen and oxygen atoms in total. The van der Waals surface area contributed by atoms with E-state index in [4.69, 9.17) is 11.6 Å². The maximum absolute atomic E-state index is 5.61. The Bertz CT molecular complexity index is 201. The molecule has 0 spiro atoms. The molecular formula is C8H11ClN2. The van der Waals surface area contributed by atoms with Gasteiger partial charge in [-0.2, -0.15) is 0 Å². The molecule has 0 atom stereocenters. The molecule has 3 heteroatoms. The monoisotopic (exact) mass is 170 g/mol. The summed E-state index contributed by atoms with van der Waals surface area (Å²) in [6.07, 6.45) is 3.58. The highest BCUT2D eigenvalue weighted by molar-refractivity contribution is 6.17. The van der Waals surface area contributed by atoms with Gasteiger partial charge in [0, 0.05) is 18.9 Å². The van der Waals surface area contributed by atoms with Gasteiger partial charge in [0.05, 0.1) is 6.00 Å². The zero-order chi connectivity index (χ0) is 8.10. The fourth-order valence-corrected chi connectivity index (χ4v) is 0.927. The van der Waals surface area contributed by atoms with E-state index in [1.165, 1.54) is 5.56 Å². The second-order valence-corrected chi connectivity index (χ2v) is 2.73. The van der Waals surface area contributed by atoms with E-state index >= 15 is 0 Å². The van der Waals surface area contributed by atoms with E-state index in [0.29, 0.717) is 6.00 Å². The van der Waals surface area contributed by atoms with Gasteiger partial charge >= 0.3 is 0 Å². The predicted octanol–water partition coefficient (Wildman–Crippen LogP) is 1.71. The Balaban J connectivity index is 2.51. The Morgan fingerprint density at radius 1 is 1.45 bits per heavy atom. The Morgan fingerprint density at radius 2 is 2.09 bits per heavy atom. The third kappa shape index (κ3) is 2.87. The highest BCUT2D eigenvalue weighted by Gasteiger charge is 1.95. The first-order valence-corrected chi connectivity index (χ1v) is 4.00. The van der Waals surface area contributed by atoms with Gasteiger partial charge in [-0.15, -0.1) is 11.6 Å². The largest absolute Gasteiger partial charge is 0.289 e. The molecule has 0 fully saturated rings. The standard InChI is InChI=1S/C8H11ClN2/c1-11(7-9)6-8-2-4-10-5-3-8/h2-5H,6-7H2,1H3. The summed E-state index contributed by atoms with van der Waals surface area (Å²) < 4.78 is 0. The molecule has 0 aromatic carbocycles. The van der Waals surface area contributed by atoms with E-state index in [0.717, 1.165) is 6.54 Å². The first kappa shape index (κ1) is 8.50. The molecule has 0 aliphatic rings. The van der Waals surface area contributed by atoms with Crippen LogP contribution in [0.4, 0.5) is 0 Å². The van der Waals surface area contributed by atoms with Gasteiger partial charge in [0.1, 0.15) is 0 Å². The molecule has 11 heavy (non-hydrogen) atoms. The SMILES string of the molecule is CN(CCl)Cc1ccncc1. The van der Waals surface area contributed by atoms with Gasteiger partial charge in [0.2, 0.25) is 0 Å². The van der Waals surface area contributed by atoms with Crippen LogP contribution >= 0.6 is 11.6 Å². The van der Waals surface area contributed by atoms with Crippen molar-refractivity contribution in [2.45, 2.75) is 6.54 Å². The molecule has 1 aromatic rings. The smallest absolute Gasteiger partial charge is 0.0738 e. The summed E-state index contributed by atoms with van der Waals surface area (Å²) in [5.74, 6) is 0. The predicted molar refractivity (Wildman–Crippen MR) is 46.4 cm³/mol. The average molecular weight is 171 g/mol. The Hall–Kier alpha value is -0.600. The average Bonchev–Trinajstić information content (AvgIpc) is 2.06. The molecule has 0 aliphatic heterocycles. The van der Waals surface area contributed by atoms with Crippen LogP contribution in [0.1, 0.15) is 5.56 Å². The molecule has 0 saturated carbocycles. The lowest BCUT2D eigenvalue weighted by Gasteiger charge is -2.11. The van der Waals surface area contributed by atoms with Crippen molar-refractivity contribution in [3.05, 3.63) is 30.1 Å². The lowest BCUT2D eigenvalue weighted by atomic mass is 10.3. The number of hydrogen-bond donors (Lipinski definition) is 0. The van der Waals surface area contributed by atoms with Crippen molar-refractivity contribution < 1.29 is 0 Å². The number of rotatable bonds is 3. The van der Waals surface area contributed by atoms with Gasteiger partial charge in [0.15, 0.2) is 0 Å². The third-order valence-electron chi connectivity index (χ3n) is 1.41. The third-order valence-corrected chi connectivity index (χ3v) is 1.81. The topological polar surface area (TPSA) is 16.1 Å². The molecule has 1 aromatic heterocycles. The van der Waals surface area contributed by atoms with Crippen LogP contribution in [0.15, 0.2) is 24.5 Å². The van der Waals surface area contributed by atoms with Crippen LogP contribution in [0.25, 0.3) is 0 Å². The van der Waals surface area contributed by atoms with Crippen molar-refractivity contribution >= 4 is 11.6 Å². The fourth-order valence-electron chi connectivity index (χ4n) is 0.842. The maximum Gasteiger partial charge on any atom is 0.0738 e. The summed E-state index contributed by atoms with van der Waals surface area (Å²) in [5.41, 5.74) is 1.24. The quantitative estimate of drug-likeness (QED) is 0.507. The summed E-state index contributed by atoms with van der Waals surface area (Å²) in [5, 5.41) is 0. The summed E-state index contributed by atoms with van der Waals surface area (Å²) >= 11 is 5.61. The number of hydrogen-bond acceptors (Lipinski definition) is 2. The van der Waals surface area contributed by atoms with Crippen LogP contribution in [0.3, 0.4) is 0 Å². The molecule has 1 rings (SSSR count). The normalized spacial score (nSPS) is 10.5. The highest BCUT2D eigenvalue weighted by atomic mass is 35.5. The highest BCUT2D eigenvalue weighted by Crippen LogP contribution is 2.00. The van der Waals surface area contributed by atoms with Crippen molar-refractivity contribution in [1.82, 2.24) is 9.88 Å². The molecule has 0 amide bonds. The second kappa shape index (κ2) is 4.31. The Kier molecular flexibility index (Phi) is 3.33. The van der Waals surface area contributed by atoms with Crippen molar-refractivity contribution in [2.75, 3.05) is 13.1 Å².